The van der Waals surface area contributed by atoms with Crippen molar-refractivity contribution in [3.8, 4) is 17.2 Å². The van der Waals surface area contributed by atoms with Gasteiger partial charge in [0.05, 0.1) is 12.0 Å². The van der Waals surface area contributed by atoms with Crippen LogP contribution in [0.25, 0.3) is 11.1 Å². The van der Waals surface area contributed by atoms with Gasteiger partial charge in [-0.1, -0.05) is 50.2 Å². The van der Waals surface area contributed by atoms with E-state index >= 15 is 0 Å². The zero-order valence-corrected chi connectivity index (χ0v) is 20.0. The van der Waals surface area contributed by atoms with E-state index in [1.807, 2.05) is 66.5 Å². The average molecular weight is 447 g/mol. The number of nitrogens with zero attached hydrogens (tertiary/aromatic N) is 3. The third-order valence-corrected chi connectivity index (χ3v) is 6.35. The highest BCUT2D eigenvalue weighted by atomic mass is 16.2. The summed E-state index contributed by atoms with van der Waals surface area (Å²) in [5, 5.41) is 11.5. The van der Waals surface area contributed by atoms with Crippen LogP contribution in [0.2, 0.25) is 0 Å². The second-order valence-corrected chi connectivity index (χ2v) is 9.38. The van der Waals surface area contributed by atoms with E-state index in [2.05, 4.69) is 31.1 Å². The van der Waals surface area contributed by atoms with Gasteiger partial charge in [0, 0.05) is 25.2 Å². The third-order valence-electron chi connectivity index (χ3n) is 6.35. The first-order chi connectivity index (χ1) is 15.8. The minimum Gasteiger partial charge on any atom is -0.342 e. The summed E-state index contributed by atoms with van der Waals surface area (Å²) >= 11 is 0. The Kier molecular flexibility index (Phi) is 8.24. The van der Waals surface area contributed by atoms with E-state index in [0.717, 1.165) is 36.2 Å². The third kappa shape index (κ3) is 6.21. The number of nitriles is 1. The molecule has 6 heteroatoms. The van der Waals surface area contributed by atoms with Gasteiger partial charge in [0.1, 0.15) is 6.54 Å². The first-order valence-corrected chi connectivity index (χ1v) is 11.6. The topological polar surface area (TPSA) is 76.4 Å². The molecule has 0 aromatic heterocycles. The summed E-state index contributed by atoms with van der Waals surface area (Å²) in [5.74, 6) is -0.0449. The van der Waals surface area contributed by atoms with Crippen molar-refractivity contribution in [2.75, 3.05) is 33.7 Å². The Morgan fingerprint density at radius 3 is 2.52 bits per heavy atom. The molecule has 0 bridgehead atoms. The maximum atomic E-state index is 12.9. The lowest BCUT2D eigenvalue weighted by Crippen LogP contribution is -2.38. The Morgan fingerprint density at radius 2 is 1.91 bits per heavy atom. The van der Waals surface area contributed by atoms with E-state index in [9.17, 15) is 9.59 Å². The molecule has 174 valence electrons. The quantitative estimate of drug-likeness (QED) is 0.624. The van der Waals surface area contributed by atoms with E-state index in [1.165, 1.54) is 0 Å². The van der Waals surface area contributed by atoms with Gasteiger partial charge in [0.2, 0.25) is 5.91 Å². The van der Waals surface area contributed by atoms with Crippen molar-refractivity contribution < 1.29 is 9.59 Å². The van der Waals surface area contributed by atoms with Crippen molar-refractivity contribution in [1.82, 2.24) is 15.1 Å². The molecular formula is C27H34N4O2. The molecule has 3 rings (SSSR count). The van der Waals surface area contributed by atoms with Crippen molar-refractivity contribution in [2.24, 2.45) is 5.92 Å². The molecule has 0 saturated carbocycles. The largest absolute Gasteiger partial charge is 0.342 e. The van der Waals surface area contributed by atoms with Crippen LogP contribution in [-0.4, -0.2) is 61.4 Å². The zero-order chi connectivity index (χ0) is 24.0. The molecule has 1 heterocycles. The number of carbonyl (C=O) groups is 2. The predicted molar refractivity (Wildman–Crippen MR) is 131 cm³/mol. The highest BCUT2D eigenvalue weighted by Crippen LogP contribution is 2.29. The standard InChI is InChI=1S/C27H34N4O2/c1-19(2)16-25(26(32)29-14-13-28)23-7-5-6-22(17-23)20-8-10-21(11-9-20)27(33)31(4)24-12-15-30(3)18-24/h5-11,17,19,24-25H,12,14-16,18H2,1-4H3,(H,29,32). The molecule has 1 saturated heterocycles. The molecule has 1 N–H and O–H groups in total. The van der Waals surface area contributed by atoms with Crippen LogP contribution in [0.15, 0.2) is 48.5 Å². The van der Waals surface area contributed by atoms with E-state index in [0.29, 0.717) is 17.9 Å². The highest BCUT2D eigenvalue weighted by molar-refractivity contribution is 5.94. The lowest BCUT2D eigenvalue weighted by atomic mass is 9.88. The van der Waals surface area contributed by atoms with Crippen LogP contribution in [0.5, 0.6) is 0 Å². The second-order valence-electron chi connectivity index (χ2n) is 9.38. The number of rotatable bonds is 8. The molecule has 0 aliphatic carbocycles. The minimum absolute atomic E-state index is 0.00814. The van der Waals surface area contributed by atoms with Gasteiger partial charge < -0.3 is 15.1 Å². The summed E-state index contributed by atoms with van der Waals surface area (Å²) < 4.78 is 0. The number of nitrogens with one attached hydrogen (secondary N) is 1. The van der Waals surface area contributed by atoms with E-state index in [1.54, 1.807) is 0 Å². The van der Waals surface area contributed by atoms with Gasteiger partial charge >= 0.3 is 0 Å². The number of benzene rings is 2. The molecule has 2 amide bonds. The lowest BCUT2D eigenvalue weighted by Gasteiger charge is -2.24. The fraction of sp³-hybridized carbons (Fsp3) is 0.444. The summed E-state index contributed by atoms with van der Waals surface area (Å²) in [6, 6.07) is 17.9. The monoisotopic (exact) mass is 446 g/mol. The number of hydrogen-bond donors (Lipinski definition) is 1. The maximum Gasteiger partial charge on any atom is 0.253 e. The lowest BCUT2D eigenvalue weighted by molar-refractivity contribution is -0.122. The molecule has 2 aromatic rings. The van der Waals surface area contributed by atoms with Gasteiger partial charge in [-0.15, -0.1) is 0 Å². The van der Waals surface area contributed by atoms with E-state index < -0.39 is 0 Å². The summed E-state index contributed by atoms with van der Waals surface area (Å²) in [5.41, 5.74) is 3.61. The molecule has 2 unspecified atom stereocenters. The summed E-state index contributed by atoms with van der Waals surface area (Å²) in [6.45, 7) is 6.11. The molecule has 6 nitrogen and oxygen atoms in total. The van der Waals surface area contributed by atoms with Crippen LogP contribution in [0, 0.1) is 17.2 Å². The molecule has 2 aromatic carbocycles. The molecule has 33 heavy (non-hydrogen) atoms. The smallest absolute Gasteiger partial charge is 0.253 e. The first kappa shape index (κ1) is 24.5. The van der Waals surface area contributed by atoms with Crippen molar-refractivity contribution in [3.63, 3.8) is 0 Å². The number of amides is 2. The molecule has 1 fully saturated rings. The van der Waals surface area contributed by atoms with Crippen LogP contribution in [0.4, 0.5) is 0 Å². The van der Waals surface area contributed by atoms with Crippen LogP contribution in [0.1, 0.15) is 48.5 Å². The molecular weight excluding hydrogens is 412 g/mol. The van der Waals surface area contributed by atoms with E-state index in [4.69, 9.17) is 5.26 Å². The van der Waals surface area contributed by atoms with Crippen molar-refractivity contribution in [1.29, 1.82) is 5.26 Å². The normalized spacial score (nSPS) is 16.9. The van der Waals surface area contributed by atoms with Crippen LogP contribution >= 0.6 is 0 Å². The zero-order valence-electron chi connectivity index (χ0n) is 20.0. The molecule has 1 aliphatic rings. The molecule has 0 radical (unpaired) electrons. The summed E-state index contributed by atoms with van der Waals surface area (Å²) in [6.07, 6.45) is 1.71. The van der Waals surface area contributed by atoms with Crippen LogP contribution in [0.3, 0.4) is 0 Å². The van der Waals surface area contributed by atoms with E-state index in [-0.39, 0.29) is 30.3 Å². The fourth-order valence-corrected chi connectivity index (χ4v) is 4.45. The van der Waals surface area contributed by atoms with Gasteiger partial charge in [0.15, 0.2) is 0 Å². The number of likely N-dealkylation sites (N-methyl/N-ethyl adjacent to an activating group) is 2. The van der Waals surface area contributed by atoms with Gasteiger partial charge in [0.25, 0.3) is 5.91 Å². The number of carbonyl (C=O) groups excluding carboxylic acids is 2. The average Bonchev–Trinajstić information content (AvgIpc) is 3.26. The van der Waals surface area contributed by atoms with Gasteiger partial charge in [-0.05, 0) is 61.2 Å². The maximum absolute atomic E-state index is 12.9. The number of hydrogen-bond acceptors (Lipinski definition) is 4. The van der Waals surface area contributed by atoms with Gasteiger partial charge in [-0.2, -0.15) is 5.26 Å². The Hall–Kier alpha value is -3.17. The Labute approximate surface area is 197 Å². The second kappa shape index (κ2) is 11.1. The Balaban J connectivity index is 1.78. The SMILES string of the molecule is CC(C)CC(C(=O)NCC#N)c1cccc(-c2ccc(C(=O)N(C)C3CCN(C)C3)cc2)c1. The van der Waals surface area contributed by atoms with Gasteiger partial charge in [-0.25, -0.2) is 0 Å². The predicted octanol–water partition coefficient (Wildman–Crippen LogP) is 3.90. The Bertz CT molecular complexity index is 1010. The van der Waals surface area contributed by atoms with Crippen LogP contribution in [-0.2, 0) is 4.79 Å². The minimum atomic E-state index is -0.308. The van der Waals surface area contributed by atoms with Crippen molar-refractivity contribution in [3.05, 3.63) is 59.7 Å². The van der Waals surface area contributed by atoms with Gasteiger partial charge in [-0.3, -0.25) is 9.59 Å². The summed E-state index contributed by atoms with van der Waals surface area (Å²) in [7, 11) is 3.97. The van der Waals surface area contributed by atoms with Crippen molar-refractivity contribution in [2.45, 2.75) is 38.6 Å². The summed E-state index contributed by atoms with van der Waals surface area (Å²) in [4.78, 5) is 29.7. The molecule has 2 atom stereocenters. The fourth-order valence-electron chi connectivity index (χ4n) is 4.45. The molecule has 1 aliphatic heterocycles. The number of likely N-dealkylation sites (tertiary alicyclic amines) is 1. The van der Waals surface area contributed by atoms with Crippen molar-refractivity contribution >= 4 is 11.8 Å². The Morgan fingerprint density at radius 1 is 1.18 bits per heavy atom. The molecule has 0 spiro atoms. The highest BCUT2D eigenvalue weighted by Gasteiger charge is 2.27. The van der Waals surface area contributed by atoms with Crippen LogP contribution < -0.4 is 5.32 Å². The first-order valence-electron chi connectivity index (χ1n) is 11.6.